The zero-order chi connectivity index (χ0) is 13.8. The fraction of sp³-hybridized carbons (Fsp3) is 0.333. The van der Waals surface area contributed by atoms with E-state index in [4.69, 9.17) is 27.9 Å². The van der Waals surface area contributed by atoms with Crippen molar-refractivity contribution in [1.82, 2.24) is 5.32 Å². The Kier molecular flexibility index (Phi) is 4.50. The number of hydrogen-bond acceptors (Lipinski definition) is 3. The summed E-state index contributed by atoms with van der Waals surface area (Å²) >= 11 is 10.8. The van der Waals surface area contributed by atoms with Crippen molar-refractivity contribution in [3.63, 3.8) is 0 Å². The second-order valence-electron chi connectivity index (χ2n) is 4.00. The Labute approximate surface area is 120 Å². The van der Waals surface area contributed by atoms with Gasteiger partial charge >= 0.3 is 6.09 Å². The van der Waals surface area contributed by atoms with Crippen LogP contribution in [0, 0.1) is 0 Å². The second-order valence-corrected chi connectivity index (χ2v) is 5.09. The van der Waals surface area contributed by atoms with E-state index in [0.717, 1.165) is 5.69 Å². The summed E-state index contributed by atoms with van der Waals surface area (Å²) in [5, 5.41) is 2.51. The van der Waals surface area contributed by atoms with Crippen LogP contribution in [0.15, 0.2) is 30.3 Å². The number of cyclic esters (lactones) is 1. The van der Waals surface area contributed by atoms with Gasteiger partial charge in [-0.25, -0.2) is 4.79 Å². The highest BCUT2D eigenvalue weighted by Crippen LogP contribution is 2.20. The van der Waals surface area contributed by atoms with Gasteiger partial charge in [0.05, 0.1) is 13.1 Å². The number of halogens is 2. The number of para-hydroxylation sites is 1. The van der Waals surface area contributed by atoms with Gasteiger partial charge in [0.15, 0.2) is 4.84 Å². The van der Waals surface area contributed by atoms with Crippen molar-refractivity contribution in [3.8, 4) is 0 Å². The van der Waals surface area contributed by atoms with Gasteiger partial charge in [-0.1, -0.05) is 41.4 Å². The van der Waals surface area contributed by atoms with Crippen LogP contribution < -0.4 is 10.2 Å². The molecule has 1 N–H and O–H groups in total. The lowest BCUT2D eigenvalue weighted by atomic mass is 10.3. The molecule has 1 heterocycles. The van der Waals surface area contributed by atoms with Crippen molar-refractivity contribution in [1.29, 1.82) is 0 Å². The van der Waals surface area contributed by atoms with E-state index in [1.54, 1.807) is 0 Å². The summed E-state index contributed by atoms with van der Waals surface area (Å²) < 4.78 is 5.14. The highest BCUT2D eigenvalue weighted by Gasteiger charge is 2.32. The minimum Gasteiger partial charge on any atom is -0.442 e. The molecule has 2 rings (SSSR count). The van der Waals surface area contributed by atoms with Crippen LogP contribution >= 0.6 is 23.2 Å². The van der Waals surface area contributed by atoms with Gasteiger partial charge < -0.3 is 10.1 Å². The van der Waals surface area contributed by atoms with Crippen LogP contribution in [-0.4, -0.2) is 36.0 Å². The molecule has 1 fully saturated rings. The fourth-order valence-corrected chi connectivity index (χ4v) is 1.89. The van der Waals surface area contributed by atoms with Crippen LogP contribution in [0.25, 0.3) is 0 Å². The van der Waals surface area contributed by atoms with Crippen LogP contribution in [0.5, 0.6) is 0 Å². The number of anilines is 1. The molecule has 7 heteroatoms. The topological polar surface area (TPSA) is 58.6 Å². The molecule has 19 heavy (non-hydrogen) atoms. The predicted octanol–water partition coefficient (Wildman–Crippen LogP) is 1.93. The highest BCUT2D eigenvalue weighted by atomic mass is 35.5. The first-order valence-electron chi connectivity index (χ1n) is 5.67. The van der Waals surface area contributed by atoms with Gasteiger partial charge in [0.25, 0.3) is 5.91 Å². The maximum absolute atomic E-state index is 11.7. The van der Waals surface area contributed by atoms with Crippen LogP contribution in [0.4, 0.5) is 10.5 Å². The number of rotatable bonds is 4. The monoisotopic (exact) mass is 302 g/mol. The molecule has 0 aromatic heterocycles. The van der Waals surface area contributed by atoms with Gasteiger partial charge in [-0.2, -0.15) is 0 Å². The van der Waals surface area contributed by atoms with Crippen molar-refractivity contribution in [3.05, 3.63) is 30.3 Å². The lowest BCUT2D eigenvalue weighted by Gasteiger charge is -2.12. The first-order valence-corrected chi connectivity index (χ1v) is 6.54. The van der Waals surface area contributed by atoms with E-state index in [1.807, 2.05) is 30.3 Å². The highest BCUT2D eigenvalue weighted by molar-refractivity contribution is 6.53. The molecular weight excluding hydrogens is 291 g/mol. The number of nitrogens with zero attached hydrogens (tertiary/aromatic N) is 1. The average Bonchev–Trinajstić information content (AvgIpc) is 2.78. The van der Waals surface area contributed by atoms with Crippen molar-refractivity contribution in [2.75, 3.05) is 18.0 Å². The molecule has 1 atom stereocenters. The summed E-state index contributed by atoms with van der Waals surface area (Å²) in [6, 6.07) is 9.17. The third-order valence-electron chi connectivity index (χ3n) is 2.64. The lowest BCUT2D eigenvalue weighted by Crippen LogP contribution is -2.37. The third-order valence-corrected chi connectivity index (χ3v) is 3.04. The number of benzene rings is 1. The molecule has 0 aliphatic carbocycles. The number of alkyl halides is 2. The first-order chi connectivity index (χ1) is 9.08. The molecule has 0 radical (unpaired) electrons. The lowest BCUT2D eigenvalue weighted by molar-refractivity contribution is -0.119. The van der Waals surface area contributed by atoms with Crippen molar-refractivity contribution in [2.24, 2.45) is 0 Å². The molecule has 1 unspecified atom stereocenters. The van der Waals surface area contributed by atoms with Gasteiger partial charge in [-0.3, -0.25) is 9.69 Å². The minimum atomic E-state index is -1.12. The number of ether oxygens (including phenoxy) is 1. The van der Waals surface area contributed by atoms with Gasteiger partial charge in [0, 0.05) is 5.69 Å². The summed E-state index contributed by atoms with van der Waals surface area (Å²) in [5.74, 6) is -0.502. The molecule has 1 aliphatic heterocycles. The molecule has 2 amide bonds. The summed E-state index contributed by atoms with van der Waals surface area (Å²) in [5.41, 5.74) is 0.758. The molecule has 1 aromatic rings. The Balaban J connectivity index is 1.91. The van der Waals surface area contributed by atoms with E-state index in [2.05, 4.69) is 5.32 Å². The largest absolute Gasteiger partial charge is 0.442 e. The summed E-state index contributed by atoms with van der Waals surface area (Å²) in [4.78, 5) is 23.3. The molecule has 1 aromatic carbocycles. The molecule has 5 nitrogen and oxygen atoms in total. The molecule has 0 saturated carbocycles. The third kappa shape index (κ3) is 3.52. The quantitative estimate of drug-likeness (QED) is 0.865. The maximum atomic E-state index is 11.7. The van der Waals surface area contributed by atoms with Crippen LogP contribution in [0.1, 0.15) is 0 Å². The second kappa shape index (κ2) is 6.12. The fourth-order valence-electron chi connectivity index (χ4n) is 1.74. The Morgan fingerprint density at radius 2 is 2.11 bits per heavy atom. The molecule has 0 bridgehead atoms. The molecule has 0 spiro atoms. The molecule has 102 valence electrons. The summed E-state index contributed by atoms with van der Waals surface area (Å²) in [6.45, 7) is 0.558. The number of carbonyl (C=O) groups excluding carboxylic acids is 2. The van der Waals surface area contributed by atoms with Gasteiger partial charge in [-0.05, 0) is 12.1 Å². The van der Waals surface area contributed by atoms with E-state index in [-0.39, 0.29) is 6.54 Å². The van der Waals surface area contributed by atoms with Crippen molar-refractivity contribution >= 4 is 40.9 Å². The average molecular weight is 303 g/mol. The number of hydrogen-bond donors (Lipinski definition) is 1. The van der Waals surface area contributed by atoms with Crippen LogP contribution in [-0.2, 0) is 9.53 Å². The van der Waals surface area contributed by atoms with Crippen LogP contribution in [0.2, 0.25) is 0 Å². The number of carbonyl (C=O) groups is 2. The molecule has 1 saturated heterocycles. The Morgan fingerprint density at radius 3 is 2.74 bits per heavy atom. The number of nitrogens with one attached hydrogen (secondary N) is 1. The maximum Gasteiger partial charge on any atom is 0.414 e. The minimum absolute atomic E-state index is 0.184. The Morgan fingerprint density at radius 1 is 1.42 bits per heavy atom. The Bertz CT molecular complexity index is 467. The van der Waals surface area contributed by atoms with E-state index in [1.165, 1.54) is 4.90 Å². The van der Waals surface area contributed by atoms with E-state index in [9.17, 15) is 9.59 Å². The van der Waals surface area contributed by atoms with Gasteiger partial charge in [0.2, 0.25) is 0 Å². The van der Waals surface area contributed by atoms with E-state index < -0.39 is 22.9 Å². The Hall–Kier alpha value is -1.46. The van der Waals surface area contributed by atoms with Crippen LogP contribution in [0.3, 0.4) is 0 Å². The molecule has 1 aliphatic rings. The van der Waals surface area contributed by atoms with E-state index >= 15 is 0 Å². The zero-order valence-electron chi connectivity index (χ0n) is 9.88. The number of amides is 2. The smallest absolute Gasteiger partial charge is 0.414 e. The zero-order valence-corrected chi connectivity index (χ0v) is 11.4. The van der Waals surface area contributed by atoms with Gasteiger partial charge in [0.1, 0.15) is 6.10 Å². The summed E-state index contributed by atoms with van der Waals surface area (Å²) in [7, 11) is 0. The van der Waals surface area contributed by atoms with E-state index in [0.29, 0.717) is 6.54 Å². The predicted molar refractivity (Wildman–Crippen MR) is 72.6 cm³/mol. The standard InChI is InChI=1S/C12H12Cl2N2O3/c13-10(14)11(17)15-6-9-7-16(12(18)19-9)8-4-2-1-3-5-8/h1-5,9-10H,6-7H2,(H,15,17). The van der Waals surface area contributed by atoms with Gasteiger partial charge in [-0.15, -0.1) is 0 Å². The van der Waals surface area contributed by atoms with Crippen molar-refractivity contribution in [2.45, 2.75) is 10.9 Å². The van der Waals surface area contributed by atoms with Crippen molar-refractivity contribution < 1.29 is 14.3 Å². The molecular formula is C12H12Cl2N2O3. The normalized spacial score (nSPS) is 18.6. The first kappa shape index (κ1) is 14.0. The SMILES string of the molecule is O=C(NCC1CN(c2ccccc2)C(=O)O1)C(Cl)Cl. The summed E-state index contributed by atoms with van der Waals surface area (Å²) in [6.07, 6.45) is -0.845.